The minimum absolute atomic E-state index is 0.192. The number of rotatable bonds is 8. The van der Waals surface area contributed by atoms with Gasteiger partial charge in [0.1, 0.15) is 11.5 Å². The van der Waals surface area contributed by atoms with E-state index in [1.807, 2.05) is 0 Å². The smallest absolute Gasteiger partial charge is 0.343 e. The molecule has 144 valence electrons. The molecular weight excluding hydrogens is 412 g/mol. The summed E-state index contributed by atoms with van der Waals surface area (Å²) < 4.78 is 16.8. The van der Waals surface area contributed by atoms with Gasteiger partial charge in [-0.1, -0.05) is 13.3 Å². The van der Waals surface area contributed by atoms with Crippen LogP contribution >= 0.6 is 15.9 Å². The molecular formula is C21H23BrO5. The van der Waals surface area contributed by atoms with Gasteiger partial charge in [0.15, 0.2) is 0 Å². The van der Waals surface area contributed by atoms with Gasteiger partial charge in [0, 0.05) is 0 Å². The van der Waals surface area contributed by atoms with Crippen LogP contribution in [0.25, 0.3) is 0 Å². The highest BCUT2D eigenvalue weighted by Crippen LogP contribution is 2.27. The van der Waals surface area contributed by atoms with Crippen molar-refractivity contribution in [2.75, 3.05) is 6.61 Å². The lowest BCUT2D eigenvalue weighted by Crippen LogP contribution is -2.12. The van der Waals surface area contributed by atoms with E-state index >= 15 is 0 Å². The first kappa shape index (κ1) is 21.0. The average Bonchev–Trinajstić information content (AvgIpc) is 2.63. The van der Waals surface area contributed by atoms with Gasteiger partial charge in [-0.25, -0.2) is 9.59 Å². The summed E-state index contributed by atoms with van der Waals surface area (Å²) in [5.41, 5.74) is 0.799. The third-order valence-corrected chi connectivity index (χ3v) is 4.19. The number of carbonyl (C=O) groups is 2. The fraction of sp³-hybridized carbons (Fsp3) is 0.333. The first-order valence-corrected chi connectivity index (χ1v) is 9.65. The van der Waals surface area contributed by atoms with Gasteiger partial charge in [-0.15, -0.1) is 0 Å². The molecule has 0 heterocycles. The normalized spacial score (nSPS) is 10.6. The van der Waals surface area contributed by atoms with E-state index in [2.05, 4.69) is 22.9 Å². The number of esters is 2. The molecule has 2 aromatic rings. The van der Waals surface area contributed by atoms with Crippen LogP contribution in [0.5, 0.6) is 11.5 Å². The fourth-order valence-corrected chi connectivity index (χ4v) is 2.67. The van der Waals surface area contributed by atoms with E-state index in [-0.39, 0.29) is 6.10 Å². The summed E-state index contributed by atoms with van der Waals surface area (Å²) in [6.45, 7) is 6.29. The highest BCUT2D eigenvalue weighted by atomic mass is 79.9. The van der Waals surface area contributed by atoms with E-state index in [1.54, 1.807) is 56.3 Å². The number of unbranched alkanes of at least 4 members (excludes halogenated alkanes) is 1. The van der Waals surface area contributed by atoms with Crippen LogP contribution in [0.4, 0.5) is 0 Å². The number of hydrogen-bond donors (Lipinski definition) is 0. The van der Waals surface area contributed by atoms with Crippen LogP contribution in [-0.2, 0) is 4.74 Å². The van der Waals surface area contributed by atoms with Gasteiger partial charge in [0.2, 0.25) is 0 Å². The molecule has 6 heteroatoms. The second kappa shape index (κ2) is 10.1. The van der Waals surface area contributed by atoms with E-state index in [0.29, 0.717) is 33.7 Å². The summed E-state index contributed by atoms with van der Waals surface area (Å²) in [6, 6.07) is 11.3. The molecule has 0 aliphatic carbocycles. The summed E-state index contributed by atoms with van der Waals surface area (Å²) in [4.78, 5) is 24.2. The molecule has 0 unspecified atom stereocenters. The summed E-state index contributed by atoms with van der Waals surface area (Å²) in [6.07, 6.45) is 1.83. The topological polar surface area (TPSA) is 61.8 Å². The van der Waals surface area contributed by atoms with Gasteiger partial charge in [-0.05, 0) is 78.7 Å². The third-order valence-electron chi connectivity index (χ3n) is 3.57. The lowest BCUT2D eigenvalue weighted by molar-refractivity contribution is 0.0378. The Kier molecular flexibility index (Phi) is 7.85. The largest absolute Gasteiger partial charge is 0.492 e. The quantitative estimate of drug-likeness (QED) is 0.315. The van der Waals surface area contributed by atoms with Gasteiger partial charge in [0.25, 0.3) is 0 Å². The van der Waals surface area contributed by atoms with Crippen LogP contribution in [0.3, 0.4) is 0 Å². The van der Waals surface area contributed by atoms with Crippen molar-refractivity contribution in [2.24, 2.45) is 0 Å². The van der Waals surface area contributed by atoms with Crippen molar-refractivity contribution in [1.82, 2.24) is 0 Å². The zero-order valence-corrected chi connectivity index (χ0v) is 17.2. The van der Waals surface area contributed by atoms with Crippen LogP contribution in [0.2, 0.25) is 0 Å². The van der Waals surface area contributed by atoms with Gasteiger partial charge < -0.3 is 14.2 Å². The zero-order chi connectivity index (χ0) is 19.8. The average molecular weight is 435 g/mol. The molecule has 0 radical (unpaired) electrons. The van der Waals surface area contributed by atoms with Crippen LogP contribution in [-0.4, -0.2) is 24.6 Å². The summed E-state index contributed by atoms with van der Waals surface area (Å²) in [5.74, 6) is 0.132. The van der Waals surface area contributed by atoms with Crippen molar-refractivity contribution in [1.29, 1.82) is 0 Å². The number of carbonyl (C=O) groups excluding carboxylic acids is 2. The van der Waals surface area contributed by atoms with E-state index in [4.69, 9.17) is 14.2 Å². The minimum atomic E-state index is -0.492. The lowest BCUT2D eigenvalue weighted by atomic mass is 10.2. The molecule has 2 aromatic carbocycles. The Labute approximate surface area is 167 Å². The molecule has 2 rings (SSSR count). The monoisotopic (exact) mass is 434 g/mol. The molecule has 0 aromatic heterocycles. The van der Waals surface area contributed by atoms with Crippen LogP contribution in [0.15, 0.2) is 46.9 Å². The molecule has 0 bridgehead atoms. The molecule has 5 nitrogen and oxygen atoms in total. The second-order valence-corrected chi connectivity index (χ2v) is 7.07. The number of ether oxygens (including phenoxy) is 3. The van der Waals surface area contributed by atoms with Crippen molar-refractivity contribution >= 4 is 27.9 Å². The number of halogens is 1. The third kappa shape index (κ3) is 6.40. The Morgan fingerprint density at radius 2 is 1.67 bits per heavy atom. The molecule has 27 heavy (non-hydrogen) atoms. The highest BCUT2D eigenvalue weighted by molar-refractivity contribution is 9.10. The Hall–Kier alpha value is -2.34. The highest BCUT2D eigenvalue weighted by Gasteiger charge is 2.13. The zero-order valence-electron chi connectivity index (χ0n) is 15.7. The molecule has 0 atom stereocenters. The maximum Gasteiger partial charge on any atom is 0.343 e. The van der Waals surface area contributed by atoms with Crippen molar-refractivity contribution in [3.8, 4) is 11.5 Å². The standard InChI is InChI=1S/C21H23BrO5/c1-4-5-12-25-19-11-8-16(13-18(19)22)21(24)27-17-9-6-15(7-10-17)20(23)26-14(2)3/h6-11,13-14H,4-5,12H2,1-3H3. The van der Waals surface area contributed by atoms with Gasteiger partial charge in [-0.3, -0.25) is 0 Å². The maximum absolute atomic E-state index is 12.3. The summed E-state index contributed by atoms with van der Waals surface area (Å²) >= 11 is 3.41. The first-order valence-electron chi connectivity index (χ1n) is 8.86. The molecule has 0 amide bonds. The molecule has 0 aliphatic heterocycles. The SMILES string of the molecule is CCCCOc1ccc(C(=O)Oc2ccc(C(=O)OC(C)C)cc2)cc1Br. The Balaban J connectivity index is 2.00. The van der Waals surface area contributed by atoms with Gasteiger partial charge in [0.05, 0.1) is 28.3 Å². The van der Waals surface area contributed by atoms with E-state index in [9.17, 15) is 9.59 Å². The molecule has 0 saturated carbocycles. The van der Waals surface area contributed by atoms with Crippen LogP contribution < -0.4 is 9.47 Å². The summed E-state index contributed by atoms with van der Waals surface area (Å²) in [5, 5.41) is 0. The molecule has 0 aliphatic rings. The number of hydrogen-bond acceptors (Lipinski definition) is 5. The van der Waals surface area contributed by atoms with Crippen molar-refractivity contribution in [3.05, 3.63) is 58.1 Å². The fourth-order valence-electron chi connectivity index (χ4n) is 2.18. The first-order chi connectivity index (χ1) is 12.9. The Morgan fingerprint density at radius 1 is 1.00 bits per heavy atom. The number of benzene rings is 2. The van der Waals surface area contributed by atoms with Gasteiger partial charge in [-0.2, -0.15) is 0 Å². The predicted octanol–water partition coefficient (Wildman–Crippen LogP) is 5.41. The van der Waals surface area contributed by atoms with Crippen LogP contribution in [0.1, 0.15) is 54.3 Å². The summed E-state index contributed by atoms with van der Waals surface area (Å²) in [7, 11) is 0. The molecule has 0 saturated heterocycles. The predicted molar refractivity (Wildman–Crippen MR) is 106 cm³/mol. The Bertz CT molecular complexity index is 784. The van der Waals surface area contributed by atoms with Gasteiger partial charge >= 0.3 is 11.9 Å². The lowest BCUT2D eigenvalue weighted by Gasteiger charge is -2.10. The second-order valence-electron chi connectivity index (χ2n) is 6.22. The van der Waals surface area contributed by atoms with Crippen LogP contribution in [0, 0.1) is 0 Å². The molecule has 0 N–H and O–H groups in total. The van der Waals surface area contributed by atoms with Crippen molar-refractivity contribution in [3.63, 3.8) is 0 Å². The van der Waals surface area contributed by atoms with E-state index in [1.165, 1.54) is 0 Å². The van der Waals surface area contributed by atoms with E-state index < -0.39 is 11.9 Å². The minimum Gasteiger partial charge on any atom is -0.492 e. The molecule has 0 spiro atoms. The van der Waals surface area contributed by atoms with E-state index in [0.717, 1.165) is 12.8 Å². The Morgan fingerprint density at radius 3 is 2.26 bits per heavy atom. The maximum atomic E-state index is 12.3. The van der Waals surface area contributed by atoms with Crippen molar-refractivity contribution in [2.45, 2.75) is 39.7 Å². The molecule has 0 fully saturated rings. The van der Waals surface area contributed by atoms with Crippen molar-refractivity contribution < 1.29 is 23.8 Å².